The van der Waals surface area contributed by atoms with Gasteiger partial charge in [-0.05, 0) is 24.0 Å². The zero-order chi connectivity index (χ0) is 11.7. The second kappa shape index (κ2) is 4.05. The summed E-state index contributed by atoms with van der Waals surface area (Å²) < 4.78 is 0. The lowest BCUT2D eigenvalue weighted by atomic mass is 10.0. The molecule has 0 bridgehead atoms. The van der Waals surface area contributed by atoms with Crippen LogP contribution in [0.3, 0.4) is 0 Å². The van der Waals surface area contributed by atoms with Crippen molar-refractivity contribution in [2.75, 3.05) is 5.32 Å². The highest BCUT2D eigenvalue weighted by molar-refractivity contribution is 5.95. The summed E-state index contributed by atoms with van der Waals surface area (Å²) >= 11 is 0. The number of amides is 1. The number of nitrogens with one attached hydrogen (secondary N) is 2. The number of anilines is 1. The molecule has 0 spiro atoms. The molecule has 0 aliphatic heterocycles. The van der Waals surface area contributed by atoms with Gasteiger partial charge in [0.15, 0.2) is 5.82 Å². The Morgan fingerprint density at radius 3 is 3.06 bits per heavy atom. The average Bonchev–Trinajstić information content (AvgIpc) is 2.96. The second-order valence-corrected chi connectivity index (χ2v) is 4.24. The Balaban J connectivity index is 1.80. The maximum absolute atomic E-state index is 12.1. The number of nitrogens with zero attached hydrogens (tertiary/aromatic N) is 1. The summed E-state index contributed by atoms with van der Waals surface area (Å²) in [6.07, 6.45) is 3.56. The van der Waals surface area contributed by atoms with Crippen LogP contribution in [0.4, 0.5) is 5.82 Å². The van der Waals surface area contributed by atoms with E-state index < -0.39 is 0 Å². The van der Waals surface area contributed by atoms with Gasteiger partial charge in [-0.3, -0.25) is 9.89 Å². The molecule has 3 rings (SSSR count). The molecular formula is C13H13N3O. The predicted octanol–water partition coefficient (Wildman–Crippen LogP) is 2.08. The first kappa shape index (κ1) is 10.1. The van der Waals surface area contributed by atoms with Gasteiger partial charge in [0.1, 0.15) is 0 Å². The summed E-state index contributed by atoms with van der Waals surface area (Å²) in [6.45, 7) is 0. The van der Waals surface area contributed by atoms with Gasteiger partial charge in [0, 0.05) is 12.3 Å². The highest BCUT2D eigenvalue weighted by atomic mass is 16.2. The molecule has 0 saturated heterocycles. The van der Waals surface area contributed by atoms with E-state index >= 15 is 0 Å². The van der Waals surface area contributed by atoms with Crippen molar-refractivity contribution in [1.29, 1.82) is 0 Å². The summed E-state index contributed by atoms with van der Waals surface area (Å²) in [5.41, 5.74) is 2.44. The fraction of sp³-hybridized carbons (Fsp3) is 0.231. The van der Waals surface area contributed by atoms with Gasteiger partial charge in [-0.1, -0.05) is 24.3 Å². The number of aryl methyl sites for hydroxylation is 1. The highest BCUT2D eigenvalue weighted by Crippen LogP contribution is 2.33. The van der Waals surface area contributed by atoms with Crippen molar-refractivity contribution in [3.63, 3.8) is 0 Å². The van der Waals surface area contributed by atoms with E-state index in [1.807, 2.05) is 18.2 Å². The lowest BCUT2D eigenvalue weighted by Gasteiger charge is -2.10. The first-order valence-corrected chi connectivity index (χ1v) is 5.73. The standard InChI is InChI=1S/C13H13N3O/c17-13(15-12-7-8-14-16-12)11-6-5-9-3-1-2-4-10(9)11/h1-4,7-8,11H,5-6H2,(H2,14,15,16,17). The van der Waals surface area contributed by atoms with Crippen LogP contribution in [0.2, 0.25) is 0 Å². The molecule has 1 aliphatic carbocycles. The number of rotatable bonds is 2. The van der Waals surface area contributed by atoms with Crippen molar-refractivity contribution in [3.8, 4) is 0 Å². The van der Waals surface area contributed by atoms with Crippen molar-refractivity contribution in [2.24, 2.45) is 0 Å². The molecule has 4 heteroatoms. The Labute approximate surface area is 99.1 Å². The number of hydrogen-bond donors (Lipinski definition) is 2. The van der Waals surface area contributed by atoms with Crippen LogP contribution in [-0.2, 0) is 11.2 Å². The van der Waals surface area contributed by atoms with Crippen molar-refractivity contribution in [2.45, 2.75) is 18.8 Å². The van der Waals surface area contributed by atoms with Crippen LogP contribution in [0.1, 0.15) is 23.5 Å². The molecule has 86 valence electrons. The first-order valence-electron chi connectivity index (χ1n) is 5.73. The number of aromatic nitrogens is 2. The molecule has 4 nitrogen and oxygen atoms in total. The summed E-state index contributed by atoms with van der Waals surface area (Å²) in [5.74, 6) is 0.573. The normalized spacial score (nSPS) is 17.8. The van der Waals surface area contributed by atoms with Gasteiger partial charge < -0.3 is 5.32 Å². The number of H-pyrrole nitrogens is 1. The van der Waals surface area contributed by atoms with Crippen LogP contribution in [0.5, 0.6) is 0 Å². The second-order valence-electron chi connectivity index (χ2n) is 4.24. The molecule has 1 atom stereocenters. The van der Waals surface area contributed by atoms with Gasteiger partial charge in [0.05, 0.1) is 5.92 Å². The molecule has 2 aromatic rings. The number of fused-ring (bicyclic) bond motifs is 1. The minimum atomic E-state index is -0.0390. The molecule has 1 heterocycles. The third-order valence-electron chi connectivity index (χ3n) is 3.20. The number of hydrogen-bond acceptors (Lipinski definition) is 2. The largest absolute Gasteiger partial charge is 0.309 e. The van der Waals surface area contributed by atoms with Crippen LogP contribution in [0, 0.1) is 0 Å². The molecule has 1 aliphatic rings. The van der Waals surface area contributed by atoms with E-state index in [1.54, 1.807) is 12.3 Å². The molecule has 0 radical (unpaired) electrons. The zero-order valence-electron chi connectivity index (χ0n) is 9.31. The fourth-order valence-corrected chi connectivity index (χ4v) is 2.37. The van der Waals surface area contributed by atoms with E-state index in [2.05, 4.69) is 21.6 Å². The number of benzene rings is 1. The van der Waals surface area contributed by atoms with Crippen molar-refractivity contribution >= 4 is 11.7 Å². The number of aromatic amines is 1. The van der Waals surface area contributed by atoms with Gasteiger partial charge >= 0.3 is 0 Å². The Hall–Kier alpha value is -2.10. The van der Waals surface area contributed by atoms with Crippen molar-refractivity contribution in [1.82, 2.24) is 10.2 Å². The van der Waals surface area contributed by atoms with Crippen LogP contribution >= 0.6 is 0 Å². The molecule has 1 amide bonds. The molecule has 1 unspecified atom stereocenters. The predicted molar refractivity (Wildman–Crippen MR) is 64.7 cm³/mol. The average molecular weight is 227 g/mol. The van der Waals surface area contributed by atoms with E-state index in [9.17, 15) is 4.79 Å². The monoisotopic (exact) mass is 227 g/mol. The fourth-order valence-electron chi connectivity index (χ4n) is 2.37. The molecular weight excluding hydrogens is 214 g/mol. The zero-order valence-corrected chi connectivity index (χ0v) is 9.31. The quantitative estimate of drug-likeness (QED) is 0.825. The van der Waals surface area contributed by atoms with Gasteiger partial charge in [-0.2, -0.15) is 5.10 Å². The topological polar surface area (TPSA) is 57.8 Å². The van der Waals surface area contributed by atoms with Crippen molar-refractivity contribution in [3.05, 3.63) is 47.7 Å². The molecule has 1 aromatic heterocycles. The third kappa shape index (κ3) is 1.82. The smallest absolute Gasteiger partial charge is 0.233 e. The van der Waals surface area contributed by atoms with Gasteiger partial charge in [-0.15, -0.1) is 0 Å². The van der Waals surface area contributed by atoms with E-state index in [0.717, 1.165) is 18.4 Å². The maximum atomic E-state index is 12.1. The van der Waals surface area contributed by atoms with Crippen LogP contribution in [0.15, 0.2) is 36.5 Å². The summed E-state index contributed by atoms with van der Waals surface area (Å²) in [4.78, 5) is 12.1. The molecule has 2 N–H and O–H groups in total. The Morgan fingerprint density at radius 1 is 1.35 bits per heavy atom. The summed E-state index contributed by atoms with van der Waals surface area (Å²) in [5, 5.41) is 9.43. The summed E-state index contributed by atoms with van der Waals surface area (Å²) in [6, 6.07) is 9.89. The molecule has 0 fully saturated rings. The van der Waals surface area contributed by atoms with E-state index in [-0.39, 0.29) is 11.8 Å². The van der Waals surface area contributed by atoms with Crippen LogP contribution < -0.4 is 5.32 Å². The third-order valence-corrected chi connectivity index (χ3v) is 3.20. The minimum Gasteiger partial charge on any atom is -0.309 e. The lowest BCUT2D eigenvalue weighted by Crippen LogP contribution is -2.19. The number of carbonyl (C=O) groups excluding carboxylic acids is 1. The number of carbonyl (C=O) groups is 1. The Kier molecular flexibility index (Phi) is 2.40. The van der Waals surface area contributed by atoms with Crippen LogP contribution in [-0.4, -0.2) is 16.1 Å². The van der Waals surface area contributed by atoms with E-state index in [1.165, 1.54) is 5.56 Å². The molecule has 1 aromatic carbocycles. The minimum absolute atomic E-state index is 0.0297. The van der Waals surface area contributed by atoms with Gasteiger partial charge in [-0.25, -0.2) is 0 Å². The highest BCUT2D eigenvalue weighted by Gasteiger charge is 2.28. The van der Waals surface area contributed by atoms with Gasteiger partial charge in [0.25, 0.3) is 0 Å². The van der Waals surface area contributed by atoms with E-state index in [4.69, 9.17) is 0 Å². The Morgan fingerprint density at radius 2 is 2.24 bits per heavy atom. The Bertz CT molecular complexity index is 533. The van der Waals surface area contributed by atoms with E-state index in [0.29, 0.717) is 5.82 Å². The van der Waals surface area contributed by atoms with Crippen LogP contribution in [0.25, 0.3) is 0 Å². The lowest BCUT2D eigenvalue weighted by molar-refractivity contribution is -0.117. The molecule has 17 heavy (non-hydrogen) atoms. The maximum Gasteiger partial charge on any atom is 0.233 e. The molecule has 0 saturated carbocycles. The van der Waals surface area contributed by atoms with Gasteiger partial charge in [0.2, 0.25) is 5.91 Å². The SMILES string of the molecule is O=C(Nc1cc[nH]n1)C1CCc2ccccc21. The van der Waals surface area contributed by atoms with Crippen molar-refractivity contribution < 1.29 is 4.79 Å². The summed E-state index contributed by atoms with van der Waals surface area (Å²) in [7, 11) is 0. The first-order chi connectivity index (χ1) is 8.34.